The third-order valence-corrected chi connectivity index (χ3v) is 2.47. The highest BCUT2D eigenvalue weighted by molar-refractivity contribution is 5.89. The van der Waals surface area contributed by atoms with E-state index in [1.54, 1.807) is 0 Å². The van der Waals surface area contributed by atoms with E-state index in [1.807, 2.05) is 0 Å². The van der Waals surface area contributed by atoms with Crippen LogP contribution in [0.25, 0.3) is 0 Å². The van der Waals surface area contributed by atoms with Crippen molar-refractivity contribution in [1.82, 2.24) is 10.6 Å². The van der Waals surface area contributed by atoms with Crippen LogP contribution < -0.4 is 10.6 Å². The highest BCUT2D eigenvalue weighted by Crippen LogP contribution is 2.08. The van der Waals surface area contributed by atoms with Crippen LogP contribution in [0.3, 0.4) is 0 Å². The summed E-state index contributed by atoms with van der Waals surface area (Å²) in [6, 6.07) is 1.74. The molecule has 1 aromatic rings. The lowest BCUT2D eigenvalue weighted by molar-refractivity contribution is -0.138. The van der Waals surface area contributed by atoms with E-state index in [2.05, 4.69) is 10.6 Å². The number of carbonyl (C=O) groups excluding carboxylic acids is 2. The fraction of sp³-hybridized carbons (Fsp3) is 0.308. The number of rotatable bonds is 6. The monoisotopic (exact) mass is 300 g/mol. The average Bonchev–Trinajstić information content (AvgIpc) is 2.34. The molecule has 3 N–H and O–H groups in total. The van der Waals surface area contributed by atoms with Crippen LogP contribution in [0.1, 0.15) is 12.5 Å². The SMILES string of the molecule is CC(NC(=O)Cc1cc(F)cc(F)c1)C(=O)NCC(=O)O. The van der Waals surface area contributed by atoms with Gasteiger partial charge in [0.05, 0.1) is 6.42 Å². The van der Waals surface area contributed by atoms with Crippen LogP contribution >= 0.6 is 0 Å². The largest absolute Gasteiger partial charge is 0.480 e. The van der Waals surface area contributed by atoms with Gasteiger partial charge in [-0.1, -0.05) is 0 Å². The van der Waals surface area contributed by atoms with Crippen molar-refractivity contribution < 1.29 is 28.3 Å². The molecule has 0 saturated heterocycles. The second kappa shape index (κ2) is 7.32. The Bertz CT molecular complexity index is 543. The highest BCUT2D eigenvalue weighted by atomic mass is 19.1. The molecular weight excluding hydrogens is 286 g/mol. The van der Waals surface area contributed by atoms with E-state index in [1.165, 1.54) is 6.92 Å². The standard InChI is InChI=1S/C13H14F2N2O4/c1-7(13(21)16-6-12(19)20)17-11(18)4-8-2-9(14)5-10(15)3-8/h2-3,5,7H,4,6H2,1H3,(H,16,21)(H,17,18)(H,19,20). The van der Waals surface area contributed by atoms with E-state index in [-0.39, 0.29) is 12.0 Å². The quantitative estimate of drug-likeness (QED) is 0.700. The third kappa shape index (κ3) is 5.98. The van der Waals surface area contributed by atoms with E-state index in [4.69, 9.17) is 5.11 Å². The van der Waals surface area contributed by atoms with Gasteiger partial charge in [0.15, 0.2) is 0 Å². The minimum absolute atomic E-state index is 0.128. The smallest absolute Gasteiger partial charge is 0.322 e. The van der Waals surface area contributed by atoms with Gasteiger partial charge in [-0.15, -0.1) is 0 Å². The van der Waals surface area contributed by atoms with Crippen molar-refractivity contribution in [2.75, 3.05) is 6.54 Å². The van der Waals surface area contributed by atoms with Gasteiger partial charge in [-0.25, -0.2) is 8.78 Å². The number of benzene rings is 1. The topological polar surface area (TPSA) is 95.5 Å². The molecule has 6 nitrogen and oxygen atoms in total. The van der Waals surface area contributed by atoms with Gasteiger partial charge in [-0.05, 0) is 24.6 Å². The molecule has 0 spiro atoms. The van der Waals surface area contributed by atoms with E-state index >= 15 is 0 Å². The summed E-state index contributed by atoms with van der Waals surface area (Å²) < 4.78 is 25.9. The fourth-order valence-electron chi connectivity index (χ4n) is 1.57. The molecule has 1 rings (SSSR count). The van der Waals surface area contributed by atoms with Gasteiger partial charge in [-0.3, -0.25) is 14.4 Å². The molecule has 0 aliphatic carbocycles. The summed E-state index contributed by atoms with van der Waals surface area (Å²) in [7, 11) is 0. The zero-order valence-corrected chi connectivity index (χ0v) is 11.2. The van der Waals surface area contributed by atoms with Crippen LogP contribution in [-0.2, 0) is 20.8 Å². The van der Waals surface area contributed by atoms with Crippen LogP contribution in [0.4, 0.5) is 8.78 Å². The molecule has 21 heavy (non-hydrogen) atoms. The number of hydrogen-bond acceptors (Lipinski definition) is 3. The summed E-state index contributed by atoms with van der Waals surface area (Å²) in [6.45, 7) is 0.801. The lowest BCUT2D eigenvalue weighted by Gasteiger charge is -2.13. The Hall–Kier alpha value is -2.51. The van der Waals surface area contributed by atoms with Crippen molar-refractivity contribution in [3.63, 3.8) is 0 Å². The Morgan fingerprint density at radius 2 is 1.76 bits per heavy atom. The van der Waals surface area contributed by atoms with Gasteiger partial charge in [0, 0.05) is 6.07 Å². The molecule has 2 amide bonds. The zero-order valence-electron chi connectivity index (χ0n) is 11.2. The molecule has 114 valence electrons. The molecule has 0 aliphatic heterocycles. The van der Waals surface area contributed by atoms with Crippen LogP contribution in [0, 0.1) is 11.6 Å². The first-order valence-corrected chi connectivity index (χ1v) is 6.01. The van der Waals surface area contributed by atoms with Gasteiger partial charge >= 0.3 is 5.97 Å². The fourth-order valence-corrected chi connectivity index (χ4v) is 1.57. The molecule has 0 aromatic heterocycles. The average molecular weight is 300 g/mol. The maximum absolute atomic E-state index is 13.0. The van der Waals surface area contributed by atoms with Crippen molar-refractivity contribution in [3.05, 3.63) is 35.4 Å². The molecule has 1 atom stereocenters. The number of halogens is 2. The van der Waals surface area contributed by atoms with Crippen molar-refractivity contribution in [2.24, 2.45) is 0 Å². The molecule has 0 saturated carbocycles. The van der Waals surface area contributed by atoms with Crippen LogP contribution in [0.2, 0.25) is 0 Å². The van der Waals surface area contributed by atoms with Gasteiger partial charge in [0.1, 0.15) is 24.2 Å². The summed E-state index contributed by atoms with van der Waals surface area (Å²) in [5.74, 6) is -4.10. The summed E-state index contributed by atoms with van der Waals surface area (Å²) in [6.07, 6.45) is -0.300. The zero-order chi connectivity index (χ0) is 16.0. The summed E-state index contributed by atoms with van der Waals surface area (Å²) in [5.41, 5.74) is 0.128. The van der Waals surface area contributed by atoms with E-state index in [9.17, 15) is 23.2 Å². The number of hydrogen-bond donors (Lipinski definition) is 3. The first-order valence-electron chi connectivity index (χ1n) is 6.01. The number of carboxylic acids is 1. The number of amides is 2. The van der Waals surface area contributed by atoms with Crippen molar-refractivity contribution in [2.45, 2.75) is 19.4 Å². The van der Waals surface area contributed by atoms with E-state index < -0.39 is 42.0 Å². The minimum Gasteiger partial charge on any atom is -0.480 e. The molecular formula is C13H14F2N2O4. The number of aliphatic carboxylic acids is 1. The van der Waals surface area contributed by atoms with Crippen molar-refractivity contribution in [3.8, 4) is 0 Å². The first kappa shape index (κ1) is 16.5. The lowest BCUT2D eigenvalue weighted by Crippen LogP contribution is -2.46. The lowest BCUT2D eigenvalue weighted by atomic mass is 10.1. The molecule has 1 unspecified atom stereocenters. The van der Waals surface area contributed by atoms with Gasteiger partial charge in [0.2, 0.25) is 11.8 Å². The molecule has 0 aliphatic rings. The summed E-state index contributed by atoms with van der Waals surface area (Å²) >= 11 is 0. The first-order chi connectivity index (χ1) is 9.77. The molecule has 0 radical (unpaired) electrons. The number of carboxylic acid groups (broad SMARTS) is 1. The second-order valence-corrected chi connectivity index (χ2v) is 4.36. The van der Waals surface area contributed by atoms with Gasteiger partial charge in [-0.2, -0.15) is 0 Å². The van der Waals surface area contributed by atoms with Gasteiger partial charge in [0.25, 0.3) is 0 Å². The summed E-state index contributed by atoms with van der Waals surface area (Å²) in [5, 5.41) is 12.8. The van der Waals surface area contributed by atoms with E-state index in [0.29, 0.717) is 6.07 Å². The third-order valence-electron chi connectivity index (χ3n) is 2.47. The minimum atomic E-state index is -1.21. The van der Waals surface area contributed by atoms with Crippen LogP contribution in [0.5, 0.6) is 0 Å². The molecule has 0 heterocycles. The Morgan fingerprint density at radius 3 is 2.29 bits per heavy atom. The number of nitrogens with one attached hydrogen (secondary N) is 2. The molecule has 0 bridgehead atoms. The molecule has 1 aromatic carbocycles. The maximum Gasteiger partial charge on any atom is 0.322 e. The Morgan fingerprint density at radius 1 is 1.19 bits per heavy atom. The van der Waals surface area contributed by atoms with Crippen molar-refractivity contribution in [1.29, 1.82) is 0 Å². The van der Waals surface area contributed by atoms with E-state index in [0.717, 1.165) is 12.1 Å². The predicted molar refractivity (Wildman–Crippen MR) is 68.3 cm³/mol. The van der Waals surface area contributed by atoms with Crippen LogP contribution in [-0.4, -0.2) is 35.5 Å². The molecule has 0 fully saturated rings. The molecule has 8 heteroatoms. The van der Waals surface area contributed by atoms with Gasteiger partial charge < -0.3 is 15.7 Å². The Kier molecular flexibility index (Phi) is 5.77. The Balaban J connectivity index is 2.52. The number of carbonyl (C=O) groups is 3. The van der Waals surface area contributed by atoms with Crippen molar-refractivity contribution >= 4 is 17.8 Å². The second-order valence-electron chi connectivity index (χ2n) is 4.36. The highest BCUT2D eigenvalue weighted by Gasteiger charge is 2.16. The van der Waals surface area contributed by atoms with Crippen LogP contribution in [0.15, 0.2) is 18.2 Å². The maximum atomic E-state index is 13.0. The Labute approximate surface area is 119 Å². The predicted octanol–water partition coefficient (Wildman–Crippen LogP) is 0.213. The summed E-state index contributed by atoms with van der Waals surface area (Å²) in [4.78, 5) is 33.4. The normalized spacial score (nSPS) is 11.6.